The molecule has 0 fully saturated rings. The predicted octanol–water partition coefficient (Wildman–Crippen LogP) is 4.27. The molecule has 0 aliphatic rings. The van der Waals surface area contributed by atoms with E-state index in [4.69, 9.17) is 13.6 Å². The van der Waals surface area contributed by atoms with Gasteiger partial charge in [0, 0.05) is 5.56 Å². The molecule has 2 aromatic heterocycles. The molecule has 0 radical (unpaired) electrons. The van der Waals surface area contributed by atoms with Crippen molar-refractivity contribution in [2.45, 2.75) is 0 Å². The van der Waals surface area contributed by atoms with E-state index in [1.54, 1.807) is 31.6 Å². The van der Waals surface area contributed by atoms with Crippen molar-refractivity contribution in [3.8, 4) is 0 Å². The van der Waals surface area contributed by atoms with E-state index in [2.05, 4.69) is 19.7 Å². The van der Waals surface area contributed by atoms with Crippen LogP contribution in [0.4, 0.5) is 0 Å². The minimum atomic E-state index is -1.05. The Hall–Kier alpha value is -2.25. The van der Waals surface area contributed by atoms with Crippen molar-refractivity contribution in [2.75, 3.05) is 7.11 Å². The maximum absolute atomic E-state index is 5.89. The lowest BCUT2D eigenvalue weighted by Crippen LogP contribution is -2.11. The summed E-state index contributed by atoms with van der Waals surface area (Å²) in [6.07, 6.45) is 8.54. The first-order valence-corrected chi connectivity index (χ1v) is 7.68. The Morgan fingerprint density at radius 2 is 2.05 bits per heavy atom. The number of allylic oxidation sites excluding steroid dienone is 2. The van der Waals surface area contributed by atoms with E-state index in [-0.39, 0.29) is 0 Å². The van der Waals surface area contributed by atoms with Crippen LogP contribution in [0, 0.1) is 0 Å². The van der Waals surface area contributed by atoms with Gasteiger partial charge in [0.25, 0.3) is 0 Å². The summed E-state index contributed by atoms with van der Waals surface area (Å²) in [5.41, 5.74) is 3.20. The Kier molecular flexibility index (Phi) is 5.02. The third-order valence-corrected chi connectivity index (χ3v) is 4.95. The molecule has 0 amide bonds. The average Bonchev–Trinajstić information content (AvgIpc) is 3.16. The van der Waals surface area contributed by atoms with Gasteiger partial charge in [-0.15, -0.1) is 0 Å². The molecule has 2 rings (SSSR count). The highest BCUT2D eigenvalue weighted by atomic mass is 31.1. The average molecular weight is 300 g/mol. The van der Waals surface area contributed by atoms with E-state index in [0.29, 0.717) is 5.76 Å². The summed E-state index contributed by atoms with van der Waals surface area (Å²) in [5.74, 6) is 0.688. The fourth-order valence-corrected chi connectivity index (χ4v) is 3.84. The van der Waals surface area contributed by atoms with Gasteiger partial charge in [-0.25, -0.2) is 0 Å². The molecular formula is C17H17O3P. The van der Waals surface area contributed by atoms with Gasteiger partial charge in [-0.2, -0.15) is 0 Å². The normalized spacial score (nSPS) is 12.7. The predicted molar refractivity (Wildman–Crippen MR) is 89.1 cm³/mol. The van der Waals surface area contributed by atoms with Crippen LogP contribution < -0.4 is 11.0 Å². The summed E-state index contributed by atoms with van der Waals surface area (Å²) in [6.45, 7) is 11.3. The maximum atomic E-state index is 5.89. The van der Waals surface area contributed by atoms with E-state index in [9.17, 15) is 0 Å². The van der Waals surface area contributed by atoms with Crippen LogP contribution in [0.1, 0.15) is 11.3 Å². The lowest BCUT2D eigenvalue weighted by Gasteiger charge is -2.14. The zero-order valence-corrected chi connectivity index (χ0v) is 12.8. The fraction of sp³-hybridized carbons (Fsp3) is 0.0588. The van der Waals surface area contributed by atoms with E-state index in [1.807, 2.05) is 24.3 Å². The summed E-state index contributed by atoms with van der Waals surface area (Å²) in [5, 5.41) is 0. The number of rotatable bonds is 7. The van der Waals surface area contributed by atoms with Crippen LogP contribution in [0.5, 0.6) is 0 Å². The molecule has 0 saturated carbocycles. The Morgan fingerprint density at radius 3 is 2.52 bits per heavy atom. The maximum Gasteiger partial charge on any atom is 0.142 e. The van der Waals surface area contributed by atoms with Crippen LogP contribution in [-0.4, -0.2) is 7.11 Å². The number of hydrogen-bond donors (Lipinski definition) is 0. The Labute approximate surface area is 125 Å². The van der Waals surface area contributed by atoms with Crippen molar-refractivity contribution in [1.29, 1.82) is 0 Å². The van der Waals surface area contributed by atoms with Gasteiger partial charge in [0.05, 0.1) is 13.4 Å². The van der Waals surface area contributed by atoms with Crippen LogP contribution in [0.15, 0.2) is 70.7 Å². The second-order valence-electron chi connectivity index (χ2n) is 4.04. The Bertz CT molecular complexity index is 637. The minimum Gasteiger partial charge on any atom is -0.496 e. The fourth-order valence-electron chi connectivity index (χ4n) is 1.89. The zero-order valence-electron chi connectivity index (χ0n) is 11.9. The lowest BCUT2D eigenvalue weighted by atomic mass is 10.2. The van der Waals surface area contributed by atoms with Gasteiger partial charge in [0.1, 0.15) is 30.2 Å². The topological polar surface area (TPSA) is 35.5 Å². The molecule has 0 saturated heterocycles. The summed E-state index contributed by atoms with van der Waals surface area (Å²) in [6, 6.07) is 5.69. The molecule has 0 bridgehead atoms. The number of ether oxygens (including phenoxy) is 1. The van der Waals surface area contributed by atoms with Gasteiger partial charge in [0.2, 0.25) is 0 Å². The molecule has 2 aromatic rings. The molecule has 0 aliphatic carbocycles. The van der Waals surface area contributed by atoms with E-state index >= 15 is 0 Å². The second-order valence-corrected chi connectivity index (χ2v) is 6.04. The molecule has 1 unspecified atom stereocenters. The Morgan fingerprint density at radius 1 is 1.24 bits per heavy atom. The zero-order chi connectivity index (χ0) is 15.2. The van der Waals surface area contributed by atoms with Crippen molar-refractivity contribution in [3.63, 3.8) is 0 Å². The van der Waals surface area contributed by atoms with Crippen LogP contribution in [-0.2, 0) is 4.74 Å². The van der Waals surface area contributed by atoms with Gasteiger partial charge in [-0.3, -0.25) is 0 Å². The molecule has 0 aliphatic heterocycles. The van der Waals surface area contributed by atoms with Gasteiger partial charge < -0.3 is 13.6 Å². The van der Waals surface area contributed by atoms with Crippen molar-refractivity contribution in [2.24, 2.45) is 0 Å². The summed E-state index contributed by atoms with van der Waals surface area (Å²) in [7, 11) is 0.573. The minimum absolute atomic E-state index is 0.688. The largest absolute Gasteiger partial charge is 0.496 e. The first kappa shape index (κ1) is 15.1. The molecule has 4 heteroatoms. The second kappa shape index (κ2) is 6.96. The first-order valence-electron chi connectivity index (χ1n) is 6.34. The van der Waals surface area contributed by atoms with Crippen LogP contribution in [0.25, 0.3) is 12.2 Å². The molecule has 1 atom stereocenters. The van der Waals surface area contributed by atoms with Gasteiger partial charge >= 0.3 is 0 Å². The Balaban J connectivity index is 2.57. The van der Waals surface area contributed by atoms with Crippen molar-refractivity contribution < 1.29 is 13.6 Å². The van der Waals surface area contributed by atoms with E-state index in [1.165, 1.54) is 0 Å². The van der Waals surface area contributed by atoms with Crippen LogP contribution in [0.3, 0.4) is 0 Å². The quantitative estimate of drug-likeness (QED) is 0.435. The monoisotopic (exact) mass is 300 g/mol. The highest BCUT2D eigenvalue weighted by Crippen LogP contribution is 2.44. The van der Waals surface area contributed by atoms with E-state index in [0.717, 1.165) is 22.1 Å². The third kappa shape index (κ3) is 3.09. The van der Waals surface area contributed by atoms with Gasteiger partial charge in [-0.05, 0) is 30.4 Å². The number of hydrogen-bond acceptors (Lipinski definition) is 3. The smallest absolute Gasteiger partial charge is 0.142 e. The van der Waals surface area contributed by atoms with Crippen LogP contribution in [0.2, 0.25) is 0 Å². The molecule has 108 valence electrons. The molecule has 21 heavy (non-hydrogen) atoms. The van der Waals surface area contributed by atoms with Crippen molar-refractivity contribution in [3.05, 3.63) is 73.2 Å². The summed E-state index contributed by atoms with van der Waals surface area (Å²) < 4.78 is 16.9. The first-order chi connectivity index (χ1) is 10.2. The highest BCUT2D eigenvalue weighted by Gasteiger charge is 2.26. The molecular weight excluding hydrogens is 283 g/mol. The number of furan rings is 2. The van der Waals surface area contributed by atoms with E-state index < -0.39 is 7.92 Å². The summed E-state index contributed by atoms with van der Waals surface area (Å²) in [4.78, 5) is 0. The molecule has 0 N–H and O–H groups in total. The molecule has 0 spiro atoms. The SMILES string of the molecule is C=C/C=C(\OC)P(c1ccco1)c1cc(C=C)c(C=C)o1. The highest BCUT2D eigenvalue weighted by molar-refractivity contribution is 7.75. The summed E-state index contributed by atoms with van der Waals surface area (Å²) >= 11 is 0. The van der Waals surface area contributed by atoms with Crippen molar-refractivity contribution in [1.82, 2.24) is 0 Å². The standard InChI is InChI=1S/C17H17O3P/c1-5-9-15(18-4)21(16-10-8-11-19-16)17-12-13(6-2)14(7-3)20-17/h5-12H,1-3H2,4H3/b15-9+. The number of methoxy groups -OCH3 is 1. The third-order valence-electron chi connectivity index (χ3n) is 2.82. The van der Waals surface area contributed by atoms with Gasteiger partial charge in [0.15, 0.2) is 0 Å². The lowest BCUT2D eigenvalue weighted by molar-refractivity contribution is 0.322. The van der Waals surface area contributed by atoms with Crippen molar-refractivity contribution >= 4 is 31.1 Å². The van der Waals surface area contributed by atoms with Gasteiger partial charge in [-0.1, -0.05) is 31.9 Å². The molecule has 3 nitrogen and oxygen atoms in total. The molecule has 0 aromatic carbocycles. The van der Waals surface area contributed by atoms with Crippen LogP contribution >= 0.6 is 7.92 Å². The molecule has 2 heterocycles.